The van der Waals surface area contributed by atoms with Gasteiger partial charge in [-0.3, -0.25) is 4.79 Å². The fraction of sp³-hybridized carbons (Fsp3) is 0.312. The van der Waals surface area contributed by atoms with Gasteiger partial charge in [-0.25, -0.2) is 0 Å². The molecule has 0 radical (unpaired) electrons. The van der Waals surface area contributed by atoms with E-state index in [1.807, 2.05) is 5.38 Å². The second-order valence-corrected chi connectivity index (χ2v) is 7.06. The highest BCUT2D eigenvalue weighted by atomic mass is 35.5. The molecule has 0 aliphatic heterocycles. The summed E-state index contributed by atoms with van der Waals surface area (Å²) in [6.07, 6.45) is 5.71. The molecule has 0 unspecified atom stereocenters. The van der Waals surface area contributed by atoms with Crippen molar-refractivity contribution in [3.8, 4) is 0 Å². The third-order valence-electron chi connectivity index (χ3n) is 3.68. The summed E-state index contributed by atoms with van der Waals surface area (Å²) >= 11 is 13.6. The number of anilines is 1. The maximum atomic E-state index is 12.5. The van der Waals surface area contributed by atoms with Gasteiger partial charge in [-0.15, -0.1) is 11.3 Å². The molecule has 1 aliphatic carbocycles. The van der Waals surface area contributed by atoms with Gasteiger partial charge in [0.1, 0.15) is 0 Å². The number of aryl methyl sites for hydroxylation is 1. The number of amides is 1. The number of benzene rings is 1. The van der Waals surface area contributed by atoms with Gasteiger partial charge in [-0.2, -0.15) is 0 Å². The minimum Gasteiger partial charge on any atom is -0.322 e. The van der Waals surface area contributed by atoms with Gasteiger partial charge in [-0.05, 0) is 49.4 Å². The van der Waals surface area contributed by atoms with Gasteiger partial charge in [0.15, 0.2) is 0 Å². The van der Waals surface area contributed by atoms with Crippen molar-refractivity contribution >= 4 is 46.1 Å². The molecule has 21 heavy (non-hydrogen) atoms. The Hall–Kier alpha value is -1.03. The lowest BCUT2D eigenvalue weighted by Crippen LogP contribution is -2.13. The molecule has 1 amide bonds. The van der Waals surface area contributed by atoms with Crippen molar-refractivity contribution in [3.05, 3.63) is 49.6 Å². The summed E-state index contributed by atoms with van der Waals surface area (Å²) in [7, 11) is 0. The van der Waals surface area contributed by atoms with Gasteiger partial charge in [0.05, 0.1) is 5.56 Å². The van der Waals surface area contributed by atoms with E-state index in [4.69, 9.17) is 23.2 Å². The van der Waals surface area contributed by atoms with Crippen LogP contribution in [0.25, 0.3) is 0 Å². The Balaban J connectivity index is 1.84. The molecule has 110 valence electrons. The molecule has 0 saturated carbocycles. The summed E-state index contributed by atoms with van der Waals surface area (Å²) in [6.45, 7) is 0. The van der Waals surface area contributed by atoms with Gasteiger partial charge >= 0.3 is 0 Å². The average Bonchev–Trinajstić information content (AvgIpc) is 2.67. The quantitative estimate of drug-likeness (QED) is 0.711. The first-order valence-electron chi connectivity index (χ1n) is 7.00. The van der Waals surface area contributed by atoms with Crippen LogP contribution < -0.4 is 5.32 Å². The Bertz CT molecular complexity index is 661. The molecule has 1 aromatic heterocycles. The Morgan fingerprint density at radius 3 is 2.52 bits per heavy atom. The zero-order valence-corrected chi connectivity index (χ0v) is 13.7. The number of rotatable bonds is 2. The van der Waals surface area contributed by atoms with Gasteiger partial charge in [0.2, 0.25) is 0 Å². The van der Waals surface area contributed by atoms with E-state index in [0.29, 0.717) is 15.7 Å². The van der Waals surface area contributed by atoms with Gasteiger partial charge in [0, 0.05) is 26.0 Å². The second kappa shape index (κ2) is 6.39. The summed E-state index contributed by atoms with van der Waals surface area (Å²) in [5.41, 5.74) is 2.65. The van der Waals surface area contributed by atoms with Gasteiger partial charge in [-0.1, -0.05) is 29.6 Å². The van der Waals surface area contributed by atoms with Crippen LogP contribution in [-0.2, 0) is 12.8 Å². The zero-order valence-electron chi connectivity index (χ0n) is 11.4. The average molecular weight is 340 g/mol. The van der Waals surface area contributed by atoms with Crippen LogP contribution in [0.1, 0.15) is 40.1 Å². The molecule has 0 spiro atoms. The molecule has 2 nitrogen and oxygen atoms in total. The van der Waals surface area contributed by atoms with Crippen LogP contribution in [-0.4, -0.2) is 5.91 Å². The van der Waals surface area contributed by atoms with Crippen LogP contribution in [0.5, 0.6) is 0 Å². The number of hydrogen-bond donors (Lipinski definition) is 1. The summed E-state index contributed by atoms with van der Waals surface area (Å²) in [5, 5.41) is 5.90. The second-order valence-electron chi connectivity index (χ2n) is 5.22. The van der Waals surface area contributed by atoms with E-state index in [9.17, 15) is 4.79 Å². The lowest BCUT2D eigenvalue weighted by Gasteiger charge is -2.08. The van der Waals surface area contributed by atoms with Gasteiger partial charge in [0.25, 0.3) is 5.91 Å². The third-order valence-corrected chi connectivity index (χ3v) is 5.20. The molecule has 0 atom stereocenters. The topological polar surface area (TPSA) is 29.1 Å². The van der Waals surface area contributed by atoms with Crippen LogP contribution in [0.2, 0.25) is 10.0 Å². The molecule has 1 aromatic carbocycles. The first-order valence-corrected chi connectivity index (χ1v) is 8.64. The Labute approximate surface area is 138 Å². The Morgan fingerprint density at radius 2 is 1.76 bits per heavy atom. The monoisotopic (exact) mass is 339 g/mol. The fourth-order valence-electron chi connectivity index (χ4n) is 2.69. The van der Waals surface area contributed by atoms with Crippen molar-refractivity contribution in [1.29, 1.82) is 0 Å². The maximum absolute atomic E-state index is 12.5. The number of thiophene rings is 1. The van der Waals surface area contributed by atoms with E-state index in [-0.39, 0.29) is 5.91 Å². The summed E-state index contributed by atoms with van der Waals surface area (Å²) in [6, 6.07) is 5.06. The van der Waals surface area contributed by atoms with E-state index < -0.39 is 0 Å². The lowest BCUT2D eigenvalue weighted by atomic mass is 10.1. The fourth-order valence-corrected chi connectivity index (χ4v) is 4.34. The highest BCUT2D eigenvalue weighted by molar-refractivity contribution is 7.10. The zero-order chi connectivity index (χ0) is 14.8. The standard InChI is InChI=1S/C16H15Cl2NOS/c17-10-6-11(18)8-12(7-10)19-16(20)14-9-21-15-5-3-1-2-4-13(14)15/h6-9H,1-5H2,(H,19,20). The first-order chi connectivity index (χ1) is 10.1. The molecule has 1 N–H and O–H groups in total. The molecule has 2 aromatic rings. The number of nitrogens with one attached hydrogen (secondary N) is 1. The first kappa shape index (κ1) is 14.9. The molecular weight excluding hydrogens is 325 g/mol. The van der Waals surface area contributed by atoms with E-state index >= 15 is 0 Å². The van der Waals surface area contributed by atoms with Crippen molar-refractivity contribution in [2.75, 3.05) is 5.32 Å². The predicted molar refractivity (Wildman–Crippen MR) is 90.0 cm³/mol. The summed E-state index contributed by atoms with van der Waals surface area (Å²) < 4.78 is 0. The highest BCUT2D eigenvalue weighted by Gasteiger charge is 2.19. The van der Waals surface area contributed by atoms with Crippen molar-refractivity contribution in [3.63, 3.8) is 0 Å². The molecule has 0 saturated heterocycles. The number of halogens is 2. The maximum Gasteiger partial charge on any atom is 0.256 e. The molecule has 5 heteroatoms. The number of fused-ring (bicyclic) bond motifs is 1. The van der Waals surface area contributed by atoms with E-state index in [2.05, 4.69) is 5.32 Å². The third kappa shape index (κ3) is 3.42. The largest absolute Gasteiger partial charge is 0.322 e. The normalized spacial score (nSPS) is 14.4. The summed E-state index contributed by atoms with van der Waals surface area (Å²) in [5.74, 6) is -0.0762. The van der Waals surface area contributed by atoms with Crippen LogP contribution in [0, 0.1) is 0 Å². The van der Waals surface area contributed by atoms with Gasteiger partial charge < -0.3 is 5.32 Å². The van der Waals surface area contributed by atoms with E-state index in [1.54, 1.807) is 29.5 Å². The molecule has 0 fully saturated rings. The predicted octanol–water partition coefficient (Wildman–Crippen LogP) is 5.58. The summed E-state index contributed by atoms with van der Waals surface area (Å²) in [4.78, 5) is 13.9. The van der Waals surface area contributed by atoms with Crippen molar-refractivity contribution in [2.24, 2.45) is 0 Å². The molecular formula is C16H15Cl2NOS. The van der Waals surface area contributed by atoms with Crippen LogP contribution in [0.15, 0.2) is 23.6 Å². The Kier molecular flexibility index (Phi) is 4.53. The van der Waals surface area contributed by atoms with Crippen LogP contribution in [0.4, 0.5) is 5.69 Å². The number of carbonyl (C=O) groups is 1. The lowest BCUT2D eigenvalue weighted by molar-refractivity contribution is 0.102. The minimum atomic E-state index is -0.0762. The van der Waals surface area contributed by atoms with E-state index in [0.717, 1.165) is 24.8 Å². The molecule has 0 bridgehead atoms. The highest BCUT2D eigenvalue weighted by Crippen LogP contribution is 2.30. The van der Waals surface area contributed by atoms with Crippen LogP contribution >= 0.6 is 34.5 Å². The number of carbonyl (C=O) groups excluding carboxylic acids is 1. The molecule has 3 rings (SSSR count). The van der Waals surface area contributed by atoms with E-state index in [1.165, 1.54) is 23.3 Å². The van der Waals surface area contributed by atoms with Crippen molar-refractivity contribution in [1.82, 2.24) is 0 Å². The molecule has 1 heterocycles. The Morgan fingerprint density at radius 1 is 1.05 bits per heavy atom. The molecule has 1 aliphatic rings. The SMILES string of the molecule is O=C(Nc1cc(Cl)cc(Cl)c1)c1csc2c1CCCCC2. The smallest absolute Gasteiger partial charge is 0.256 e. The minimum absolute atomic E-state index is 0.0762. The van der Waals surface area contributed by atoms with Crippen molar-refractivity contribution < 1.29 is 4.79 Å². The van der Waals surface area contributed by atoms with Crippen LogP contribution in [0.3, 0.4) is 0 Å². The number of hydrogen-bond acceptors (Lipinski definition) is 2. The van der Waals surface area contributed by atoms with Crippen molar-refractivity contribution in [2.45, 2.75) is 32.1 Å².